The van der Waals surface area contributed by atoms with Crippen molar-refractivity contribution in [1.82, 2.24) is 20.5 Å². The number of guanidine groups is 1. The highest BCUT2D eigenvalue weighted by atomic mass is 127. The molecule has 0 bridgehead atoms. The van der Waals surface area contributed by atoms with E-state index in [9.17, 15) is 0 Å². The minimum Gasteiger partial charge on any atom is -0.379 e. The fraction of sp³-hybridized carbons (Fsp3) is 0.714. The van der Waals surface area contributed by atoms with Gasteiger partial charge < -0.3 is 25.0 Å². The lowest BCUT2D eigenvalue weighted by Crippen LogP contribution is -2.49. The number of halogens is 1. The lowest BCUT2D eigenvalue weighted by Gasteiger charge is -2.32. The molecule has 2 aliphatic heterocycles. The van der Waals surface area contributed by atoms with Crippen LogP contribution in [0, 0.1) is 0 Å². The number of rotatable bonds is 7. The molecule has 2 fully saturated rings. The Bertz CT molecular complexity index is 639. The zero-order valence-corrected chi connectivity index (χ0v) is 20.8. The highest BCUT2D eigenvalue weighted by molar-refractivity contribution is 14.0. The molecular weight excluding hydrogens is 495 g/mol. The Labute approximate surface area is 197 Å². The zero-order valence-electron chi connectivity index (χ0n) is 18.5. The molecule has 30 heavy (non-hydrogen) atoms. The summed E-state index contributed by atoms with van der Waals surface area (Å²) in [7, 11) is 0. The van der Waals surface area contributed by atoms with Gasteiger partial charge in [0.05, 0.1) is 32.5 Å². The molecule has 2 aliphatic rings. The van der Waals surface area contributed by atoms with Crippen LogP contribution in [0.1, 0.15) is 26.3 Å². The molecule has 0 aromatic carbocycles. The molecule has 0 radical (unpaired) electrons. The Morgan fingerprint density at radius 1 is 1.23 bits per heavy atom. The van der Waals surface area contributed by atoms with Gasteiger partial charge in [-0.1, -0.05) is 6.07 Å². The standard InChI is InChI=1S/C21H36N6O2.HI/c1-4-22-21(24-13-17(2)26-7-10-28-11-8-26)25-15-19-5-6-20(23-14-19)27-9-12-29-18(3)16-27;/h5-6,14,17-18H,4,7-13,15-16H2,1-3H3,(H2,22,24,25);1H. The van der Waals surface area contributed by atoms with Crippen molar-refractivity contribution in [3.8, 4) is 0 Å². The van der Waals surface area contributed by atoms with E-state index in [1.807, 2.05) is 6.20 Å². The fourth-order valence-corrected chi connectivity index (χ4v) is 3.63. The second-order valence-corrected chi connectivity index (χ2v) is 7.73. The number of morpholine rings is 2. The van der Waals surface area contributed by atoms with Crippen LogP contribution in [-0.4, -0.2) is 87.1 Å². The Balaban J connectivity index is 0.00000320. The summed E-state index contributed by atoms with van der Waals surface area (Å²) in [6.45, 7) is 14.9. The number of nitrogens with zero attached hydrogens (tertiary/aromatic N) is 4. The van der Waals surface area contributed by atoms with E-state index in [1.165, 1.54) is 0 Å². The van der Waals surface area contributed by atoms with Crippen LogP contribution in [-0.2, 0) is 16.0 Å². The van der Waals surface area contributed by atoms with E-state index in [0.29, 0.717) is 12.6 Å². The van der Waals surface area contributed by atoms with Crippen LogP contribution in [0.4, 0.5) is 5.82 Å². The molecule has 3 rings (SSSR count). The van der Waals surface area contributed by atoms with Gasteiger partial charge in [-0.2, -0.15) is 0 Å². The van der Waals surface area contributed by atoms with Crippen molar-refractivity contribution in [2.24, 2.45) is 4.99 Å². The summed E-state index contributed by atoms with van der Waals surface area (Å²) in [4.78, 5) is 14.1. The maximum absolute atomic E-state index is 5.61. The van der Waals surface area contributed by atoms with Crippen molar-refractivity contribution in [3.05, 3.63) is 23.9 Å². The number of ether oxygens (including phenoxy) is 2. The summed E-state index contributed by atoms with van der Waals surface area (Å²) in [6.07, 6.45) is 2.18. The molecule has 2 N–H and O–H groups in total. The van der Waals surface area contributed by atoms with E-state index in [-0.39, 0.29) is 30.1 Å². The molecule has 9 heteroatoms. The molecule has 0 amide bonds. The van der Waals surface area contributed by atoms with Gasteiger partial charge in [-0.15, -0.1) is 24.0 Å². The molecule has 2 atom stereocenters. The smallest absolute Gasteiger partial charge is 0.191 e. The summed E-state index contributed by atoms with van der Waals surface area (Å²) in [5, 5.41) is 6.80. The lowest BCUT2D eigenvalue weighted by molar-refractivity contribution is 0.0211. The van der Waals surface area contributed by atoms with Gasteiger partial charge in [0.2, 0.25) is 0 Å². The molecule has 1 aromatic rings. The number of nitrogens with one attached hydrogen (secondary N) is 2. The highest BCUT2D eigenvalue weighted by Crippen LogP contribution is 2.15. The van der Waals surface area contributed by atoms with Crippen molar-refractivity contribution < 1.29 is 9.47 Å². The van der Waals surface area contributed by atoms with E-state index >= 15 is 0 Å². The third-order valence-corrected chi connectivity index (χ3v) is 5.37. The second-order valence-electron chi connectivity index (χ2n) is 7.73. The number of aliphatic imine (C=N–C) groups is 1. The average molecular weight is 532 g/mol. The largest absolute Gasteiger partial charge is 0.379 e. The highest BCUT2D eigenvalue weighted by Gasteiger charge is 2.18. The first kappa shape index (κ1) is 25.1. The van der Waals surface area contributed by atoms with Crippen LogP contribution in [0.2, 0.25) is 0 Å². The summed E-state index contributed by atoms with van der Waals surface area (Å²) in [5.74, 6) is 1.86. The summed E-state index contributed by atoms with van der Waals surface area (Å²) in [6, 6.07) is 4.65. The minimum atomic E-state index is 0. The van der Waals surface area contributed by atoms with Crippen molar-refractivity contribution in [2.45, 2.75) is 39.5 Å². The van der Waals surface area contributed by atoms with E-state index < -0.39 is 0 Å². The zero-order chi connectivity index (χ0) is 20.5. The van der Waals surface area contributed by atoms with Gasteiger partial charge in [0, 0.05) is 51.5 Å². The van der Waals surface area contributed by atoms with Gasteiger partial charge in [-0.25, -0.2) is 9.98 Å². The second kappa shape index (κ2) is 13.3. The van der Waals surface area contributed by atoms with E-state index in [4.69, 9.17) is 14.5 Å². The number of aromatic nitrogens is 1. The number of pyridine rings is 1. The Hall–Kier alpha value is -1.17. The SMILES string of the molecule is CCNC(=NCc1ccc(N2CCOC(C)C2)nc1)NCC(C)N1CCOCC1.I. The topological polar surface area (TPSA) is 74.2 Å². The summed E-state index contributed by atoms with van der Waals surface area (Å²) >= 11 is 0. The first-order chi connectivity index (χ1) is 14.2. The van der Waals surface area contributed by atoms with Gasteiger partial charge >= 0.3 is 0 Å². The molecule has 1 aromatic heterocycles. The quantitative estimate of drug-likeness (QED) is 0.315. The van der Waals surface area contributed by atoms with Gasteiger partial charge in [-0.05, 0) is 32.4 Å². The Morgan fingerprint density at radius 2 is 2.03 bits per heavy atom. The normalized spacial score (nSPS) is 21.6. The predicted octanol–water partition coefficient (Wildman–Crippen LogP) is 1.70. The van der Waals surface area contributed by atoms with Crippen LogP contribution in [0.25, 0.3) is 0 Å². The van der Waals surface area contributed by atoms with Crippen molar-refractivity contribution in [2.75, 3.05) is 64.0 Å². The Morgan fingerprint density at radius 3 is 2.70 bits per heavy atom. The fourth-order valence-electron chi connectivity index (χ4n) is 3.63. The lowest BCUT2D eigenvalue weighted by atomic mass is 10.2. The van der Waals surface area contributed by atoms with E-state index in [0.717, 1.165) is 76.4 Å². The van der Waals surface area contributed by atoms with Crippen molar-refractivity contribution in [3.63, 3.8) is 0 Å². The maximum atomic E-state index is 5.61. The van der Waals surface area contributed by atoms with Gasteiger partial charge in [0.25, 0.3) is 0 Å². The average Bonchev–Trinajstić information content (AvgIpc) is 2.76. The Kier molecular flexibility index (Phi) is 11.1. The molecule has 0 aliphatic carbocycles. The van der Waals surface area contributed by atoms with Crippen LogP contribution < -0.4 is 15.5 Å². The van der Waals surface area contributed by atoms with E-state index in [2.05, 4.69) is 58.3 Å². The predicted molar refractivity (Wildman–Crippen MR) is 132 cm³/mol. The van der Waals surface area contributed by atoms with Crippen LogP contribution in [0.3, 0.4) is 0 Å². The van der Waals surface area contributed by atoms with Gasteiger partial charge in [0.1, 0.15) is 5.82 Å². The number of hydrogen-bond donors (Lipinski definition) is 2. The minimum absolute atomic E-state index is 0. The first-order valence-electron chi connectivity index (χ1n) is 10.8. The molecule has 3 heterocycles. The van der Waals surface area contributed by atoms with Crippen LogP contribution in [0.15, 0.2) is 23.3 Å². The first-order valence-corrected chi connectivity index (χ1v) is 10.8. The third kappa shape index (κ3) is 7.82. The molecule has 170 valence electrons. The molecule has 0 saturated carbocycles. The molecular formula is C21H37IN6O2. The van der Waals surface area contributed by atoms with Crippen molar-refractivity contribution in [1.29, 1.82) is 0 Å². The molecule has 0 spiro atoms. The summed E-state index contributed by atoms with van der Waals surface area (Å²) in [5.41, 5.74) is 1.11. The van der Waals surface area contributed by atoms with Gasteiger partial charge in [-0.3, -0.25) is 4.90 Å². The molecule has 2 unspecified atom stereocenters. The van der Waals surface area contributed by atoms with Crippen molar-refractivity contribution >= 4 is 35.8 Å². The van der Waals surface area contributed by atoms with E-state index in [1.54, 1.807) is 0 Å². The monoisotopic (exact) mass is 532 g/mol. The third-order valence-electron chi connectivity index (χ3n) is 5.37. The number of hydrogen-bond acceptors (Lipinski definition) is 6. The summed E-state index contributed by atoms with van der Waals surface area (Å²) < 4.78 is 11.0. The van der Waals surface area contributed by atoms with Crippen LogP contribution >= 0.6 is 24.0 Å². The maximum Gasteiger partial charge on any atom is 0.191 e. The number of anilines is 1. The van der Waals surface area contributed by atoms with Crippen LogP contribution in [0.5, 0.6) is 0 Å². The molecule has 8 nitrogen and oxygen atoms in total. The van der Waals surface area contributed by atoms with Gasteiger partial charge in [0.15, 0.2) is 5.96 Å². The molecule has 2 saturated heterocycles.